The molecule has 0 spiro atoms. The molecule has 0 radical (unpaired) electrons. The number of nitrogens with one attached hydrogen (secondary N) is 2. The summed E-state index contributed by atoms with van der Waals surface area (Å²) in [6.07, 6.45) is 1.40. The molecule has 2 amide bonds. The molecule has 0 bridgehead atoms. The third kappa shape index (κ3) is 4.38. The van der Waals surface area contributed by atoms with Gasteiger partial charge in [-0.25, -0.2) is 0 Å². The third-order valence-corrected chi connectivity index (χ3v) is 3.67. The van der Waals surface area contributed by atoms with Gasteiger partial charge in [0.2, 0.25) is 0 Å². The summed E-state index contributed by atoms with van der Waals surface area (Å²) in [5.41, 5.74) is 2.05. The predicted octanol–water partition coefficient (Wildman–Crippen LogP) is 1.41. The Balaban J connectivity index is 1.63. The first-order valence-electron chi connectivity index (χ1n) is 8.25. The third-order valence-electron chi connectivity index (χ3n) is 3.67. The summed E-state index contributed by atoms with van der Waals surface area (Å²) in [5.74, 6) is 5.17. The van der Waals surface area contributed by atoms with Crippen molar-refractivity contribution in [2.45, 2.75) is 0 Å². The van der Waals surface area contributed by atoms with Crippen molar-refractivity contribution in [1.29, 1.82) is 0 Å². The Labute approximate surface area is 156 Å². The molecule has 0 saturated heterocycles. The van der Waals surface area contributed by atoms with Gasteiger partial charge in [-0.1, -0.05) is 42.2 Å². The Bertz CT molecular complexity index is 1020. The van der Waals surface area contributed by atoms with E-state index in [1.807, 2.05) is 30.3 Å². The van der Waals surface area contributed by atoms with Gasteiger partial charge in [0, 0.05) is 12.6 Å². The lowest BCUT2D eigenvalue weighted by atomic mass is 10.1. The second-order valence-corrected chi connectivity index (χ2v) is 5.46. The molecule has 0 unspecified atom stereocenters. The zero-order valence-electron chi connectivity index (χ0n) is 14.6. The standard InChI is InChI=1S/C20H17N5O2/c1-21-19(26)17-12-6-5-8-15(17)9-7-13-22-20(27)18-14-23-25(24-18)16-10-3-2-4-11-16/h2-6,8,10-12,14H,13H2,1H3,(H,21,26)(H,22,27). The highest BCUT2D eigenvalue weighted by Gasteiger charge is 2.10. The van der Waals surface area contributed by atoms with E-state index in [0.29, 0.717) is 11.1 Å². The number of aromatic nitrogens is 3. The molecule has 2 aromatic carbocycles. The summed E-state index contributed by atoms with van der Waals surface area (Å²) in [4.78, 5) is 25.4. The largest absolute Gasteiger partial charge is 0.355 e. The Hall–Kier alpha value is -3.92. The molecule has 3 rings (SSSR count). The Morgan fingerprint density at radius 1 is 1.04 bits per heavy atom. The van der Waals surface area contributed by atoms with E-state index < -0.39 is 0 Å². The average molecular weight is 359 g/mol. The molecule has 7 heteroatoms. The van der Waals surface area contributed by atoms with Crippen LogP contribution in [0.2, 0.25) is 0 Å². The van der Waals surface area contributed by atoms with Crippen LogP contribution >= 0.6 is 0 Å². The smallest absolute Gasteiger partial charge is 0.274 e. The molecule has 0 aliphatic heterocycles. The van der Waals surface area contributed by atoms with Gasteiger partial charge < -0.3 is 10.6 Å². The molecular formula is C20H17N5O2. The monoisotopic (exact) mass is 359 g/mol. The quantitative estimate of drug-likeness (QED) is 0.690. The molecule has 1 aromatic heterocycles. The molecule has 0 aliphatic rings. The fraction of sp³-hybridized carbons (Fsp3) is 0.100. The minimum absolute atomic E-state index is 0.124. The SMILES string of the molecule is CNC(=O)c1ccccc1C#CCNC(=O)c1cnn(-c2ccccc2)n1. The summed E-state index contributed by atoms with van der Waals surface area (Å²) in [7, 11) is 1.56. The van der Waals surface area contributed by atoms with Gasteiger partial charge in [-0.05, 0) is 24.3 Å². The van der Waals surface area contributed by atoms with Crippen LogP contribution in [0.1, 0.15) is 26.4 Å². The molecule has 0 atom stereocenters. The normalized spacial score (nSPS) is 9.81. The second-order valence-electron chi connectivity index (χ2n) is 5.46. The van der Waals surface area contributed by atoms with Crippen LogP contribution in [0.25, 0.3) is 5.69 Å². The number of carbonyl (C=O) groups excluding carboxylic acids is 2. The molecule has 3 aromatic rings. The minimum Gasteiger partial charge on any atom is -0.355 e. The van der Waals surface area contributed by atoms with Gasteiger partial charge in [0.1, 0.15) is 0 Å². The maximum atomic E-state index is 12.2. The molecule has 134 valence electrons. The zero-order chi connectivity index (χ0) is 19.1. The van der Waals surface area contributed by atoms with Crippen LogP contribution in [0.15, 0.2) is 60.8 Å². The van der Waals surface area contributed by atoms with E-state index in [-0.39, 0.29) is 24.1 Å². The van der Waals surface area contributed by atoms with Crippen molar-refractivity contribution in [2.75, 3.05) is 13.6 Å². The number of benzene rings is 2. The molecule has 7 nitrogen and oxygen atoms in total. The van der Waals surface area contributed by atoms with Crippen molar-refractivity contribution in [3.05, 3.63) is 77.6 Å². The van der Waals surface area contributed by atoms with E-state index >= 15 is 0 Å². The summed E-state index contributed by atoms with van der Waals surface area (Å²) in [6.45, 7) is 0.124. The van der Waals surface area contributed by atoms with Crippen molar-refractivity contribution in [3.8, 4) is 17.5 Å². The van der Waals surface area contributed by atoms with Gasteiger partial charge in [0.15, 0.2) is 5.69 Å². The van der Waals surface area contributed by atoms with E-state index in [1.165, 1.54) is 11.0 Å². The van der Waals surface area contributed by atoms with E-state index in [4.69, 9.17) is 0 Å². The number of rotatable bonds is 4. The number of nitrogens with zero attached hydrogens (tertiary/aromatic N) is 3. The molecule has 0 fully saturated rings. The Morgan fingerprint density at radius 2 is 1.78 bits per heavy atom. The molecule has 1 heterocycles. The lowest BCUT2D eigenvalue weighted by molar-refractivity contribution is 0.0948. The summed E-state index contributed by atoms with van der Waals surface area (Å²) < 4.78 is 0. The van der Waals surface area contributed by atoms with Gasteiger partial charge in [-0.2, -0.15) is 9.90 Å². The van der Waals surface area contributed by atoms with Crippen LogP contribution in [0.3, 0.4) is 0 Å². The van der Waals surface area contributed by atoms with Crippen molar-refractivity contribution >= 4 is 11.8 Å². The predicted molar refractivity (Wildman–Crippen MR) is 100 cm³/mol. The Morgan fingerprint density at radius 3 is 2.56 bits per heavy atom. The van der Waals surface area contributed by atoms with E-state index in [1.54, 1.807) is 31.3 Å². The average Bonchev–Trinajstić information content (AvgIpc) is 3.22. The summed E-state index contributed by atoms with van der Waals surface area (Å²) >= 11 is 0. The highest BCUT2D eigenvalue weighted by atomic mass is 16.2. The van der Waals surface area contributed by atoms with Gasteiger partial charge in [-0.3, -0.25) is 9.59 Å². The van der Waals surface area contributed by atoms with Crippen LogP contribution in [0.5, 0.6) is 0 Å². The van der Waals surface area contributed by atoms with Gasteiger partial charge >= 0.3 is 0 Å². The molecule has 27 heavy (non-hydrogen) atoms. The van der Waals surface area contributed by atoms with Crippen molar-refractivity contribution in [3.63, 3.8) is 0 Å². The van der Waals surface area contributed by atoms with E-state index in [9.17, 15) is 9.59 Å². The van der Waals surface area contributed by atoms with E-state index in [2.05, 4.69) is 32.7 Å². The van der Waals surface area contributed by atoms with Crippen LogP contribution in [-0.4, -0.2) is 40.4 Å². The summed E-state index contributed by atoms with van der Waals surface area (Å²) in [6, 6.07) is 16.3. The van der Waals surface area contributed by atoms with Crippen LogP contribution < -0.4 is 10.6 Å². The van der Waals surface area contributed by atoms with E-state index in [0.717, 1.165) is 5.69 Å². The first-order chi connectivity index (χ1) is 13.2. The highest BCUT2D eigenvalue weighted by Crippen LogP contribution is 2.07. The fourth-order valence-corrected chi connectivity index (χ4v) is 2.33. The molecule has 0 aliphatic carbocycles. The number of hydrogen-bond donors (Lipinski definition) is 2. The number of amides is 2. The van der Waals surface area contributed by atoms with Crippen LogP contribution in [0, 0.1) is 11.8 Å². The van der Waals surface area contributed by atoms with Crippen molar-refractivity contribution < 1.29 is 9.59 Å². The minimum atomic E-state index is -0.369. The maximum absolute atomic E-state index is 12.2. The Kier molecular flexibility index (Phi) is 5.60. The lowest BCUT2D eigenvalue weighted by Crippen LogP contribution is -2.24. The molecule has 0 saturated carbocycles. The van der Waals surface area contributed by atoms with Crippen molar-refractivity contribution in [1.82, 2.24) is 25.6 Å². The van der Waals surface area contributed by atoms with Gasteiger partial charge in [0.25, 0.3) is 11.8 Å². The number of hydrogen-bond acceptors (Lipinski definition) is 4. The summed E-state index contributed by atoms with van der Waals surface area (Å²) in [5, 5.41) is 13.5. The maximum Gasteiger partial charge on any atom is 0.274 e. The van der Waals surface area contributed by atoms with Crippen LogP contribution in [-0.2, 0) is 0 Å². The first kappa shape index (κ1) is 17.9. The fourth-order valence-electron chi connectivity index (χ4n) is 2.33. The van der Waals surface area contributed by atoms with Crippen LogP contribution in [0.4, 0.5) is 0 Å². The van der Waals surface area contributed by atoms with Gasteiger partial charge in [0.05, 0.1) is 24.0 Å². The first-order valence-corrected chi connectivity index (χ1v) is 8.25. The number of para-hydroxylation sites is 1. The van der Waals surface area contributed by atoms with Crippen molar-refractivity contribution in [2.24, 2.45) is 0 Å². The highest BCUT2D eigenvalue weighted by molar-refractivity contribution is 5.96. The lowest BCUT2D eigenvalue weighted by Gasteiger charge is -2.02. The molecular weight excluding hydrogens is 342 g/mol. The number of carbonyl (C=O) groups is 2. The second kappa shape index (κ2) is 8.45. The zero-order valence-corrected chi connectivity index (χ0v) is 14.6. The van der Waals surface area contributed by atoms with Gasteiger partial charge in [-0.15, -0.1) is 5.10 Å². The molecule has 2 N–H and O–H groups in total. The topological polar surface area (TPSA) is 88.9 Å².